The van der Waals surface area contributed by atoms with Crippen molar-refractivity contribution in [3.8, 4) is 0 Å². The predicted octanol–water partition coefficient (Wildman–Crippen LogP) is 1.61. The van der Waals surface area contributed by atoms with E-state index in [2.05, 4.69) is 14.2 Å². The first-order valence-corrected chi connectivity index (χ1v) is 10.5. The maximum absolute atomic E-state index is 12.3. The zero-order valence-electron chi connectivity index (χ0n) is 14.0. The molecule has 4 aliphatic rings. The van der Waals surface area contributed by atoms with Crippen LogP contribution in [0.2, 0.25) is 0 Å². The topological polar surface area (TPSA) is 70.0 Å². The van der Waals surface area contributed by atoms with Crippen molar-refractivity contribution in [2.75, 3.05) is 13.1 Å². The maximum Gasteiger partial charge on any atom is 0.285 e. The molecule has 3 heterocycles. The summed E-state index contributed by atoms with van der Waals surface area (Å²) in [6.07, 6.45) is 4.68. The van der Waals surface area contributed by atoms with Crippen LogP contribution in [0, 0.1) is 5.92 Å². The van der Waals surface area contributed by atoms with Crippen molar-refractivity contribution in [2.45, 2.75) is 49.1 Å². The zero-order valence-corrected chi connectivity index (χ0v) is 14.8. The molecule has 25 heavy (non-hydrogen) atoms. The number of amidine groups is 1. The van der Waals surface area contributed by atoms with Crippen LogP contribution in [0.3, 0.4) is 0 Å². The summed E-state index contributed by atoms with van der Waals surface area (Å²) in [4.78, 5) is 16.9. The van der Waals surface area contributed by atoms with Gasteiger partial charge in [-0.3, -0.25) is 4.79 Å². The van der Waals surface area contributed by atoms with E-state index >= 15 is 0 Å². The van der Waals surface area contributed by atoms with E-state index in [9.17, 15) is 13.2 Å². The molecule has 1 amide bonds. The Labute approximate surface area is 147 Å². The molecule has 2 unspecified atom stereocenters. The smallest absolute Gasteiger partial charge is 0.285 e. The van der Waals surface area contributed by atoms with Gasteiger partial charge in [0.05, 0.1) is 0 Å². The number of sulfonamides is 1. The quantitative estimate of drug-likeness (QED) is 0.764. The molecular formula is C18H21N3O3S. The molecule has 0 aromatic heterocycles. The molecule has 1 saturated carbocycles. The predicted molar refractivity (Wildman–Crippen MR) is 92.7 cm³/mol. The van der Waals surface area contributed by atoms with Crippen molar-refractivity contribution in [3.63, 3.8) is 0 Å². The number of nitrogens with zero attached hydrogens (tertiary/aromatic N) is 3. The lowest BCUT2D eigenvalue weighted by Gasteiger charge is -2.47. The van der Waals surface area contributed by atoms with E-state index in [1.54, 1.807) is 12.1 Å². The standard InChI is InChI=1S/C18H21N3O3S/c22-17-8-5-12-11-20(10-9-15(12)21(17)13-6-7-13)18-14-3-1-2-4-16(14)25(23,24)19-18/h1-4,12-13,15H,5-11H2. The third-order valence-electron chi connectivity index (χ3n) is 5.92. The molecular weight excluding hydrogens is 338 g/mol. The molecule has 1 aliphatic carbocycles. The average Bonchev–Trinajstić information content (AvgIpc) is 3.40. The van der Waals surface area contributed by atoms with E-state index in [0.717, 1.165) is 38.8 Å². The molecule has 5 rings (SSSR count). The van der Waals surface area contributed by atoms with Gasteiger partial charge in [0.25, 0.3) is 10.0 Å². The number of fused-ring (bicyclic) bond motifs is 2. The number of hydrogen-bond acceptors (Lipinski definition) is 4. The number of rotatable bonds is 1. The number of carbonyl (C=O) groups excluding carboxylic acids is 1. The fourth-order valence-electron chi connectivity index (χ4n) is 4.63. The number of likely N-dealkylation sites (tertiary alicyclic amines) is 2. The van der Waals surface area contributed by atoms with Crippen molar-refractivity contribution in [1.29, 1.82) is 0 Å². The fraction of sp³-hybridized carbons (Fsp3) is 0.556. The van der Waals surface area contributed by atoms with E-state index in [4.69, 9.17) is 0 Å². The first kappa shape index (κ1) is 15.4. The zero-order chi connectivity index (χ0) is 17.2. The molecule has 0 radical (unpaired) electrons. The Kier molecular flexibility index (Phi) is 3.26. The van der Waals surface area contributed by atoms with Gasteiger partial charge in [0.2, 0.25) is 5.91 Å². The summed E-state index contributed by atoms with van der Waals surface area (Å²) >= 11 is 0. The number of piperidine rings is 2. The summed E-state index contributed by atoms with van der Waals surface area (Å²) in [5.74, 6) is 1.30. The number of amides is 1. The Morgan fingerprint density at radius 2 is 1.88 bits per heavy atom. The van der Waals surface area contributed by atoms with Crippen LogP contribution in [0.15, 0.2) is 33.6 Å². The second-order valence-corrected chi connectivity index (χ2v) is 9.09. The lowest BCUT2D eigenvalue weighted by molar-refractivity contribution is -0.141. The normalized spacial score (nSPS) is 30.7. The van der Waals surface area contributed by atoms with Crippen LogP contribution in [0.4, 0.5) is 0 Å². The van der Waals surface area contributed by atoms with Gasteiger partial charge >= 0.3 is 0 Å². The van der Waals surface area contributed by atoms with Gasteiger partial charge in [-0.1, -0.05) is 12.1 Å². The van der Waals surface area contributed by atoms with Gasteiger partial charge in [-0.15, -0.1) is 4.40 Å². The molecule has 1 aromatic rings. The first-order valence-electron chi connectivity index (χ1n) is 9.05. The molecule has 7 heteroatoms. The third-order valence-corrected chi connectivity index (χ3v) is 7.25. The van der Waals surface area contributed by atoms with E-state index in [-0.39, 0.29) is 0 Å². The third kappa shape index (κ3) is 2.39. The minimum absolute atomic E-state index is 0.309. The lowest BCUT2D eigenvalue weighted by Crippen LogP contribution is -2.57. The van der Waals surface area contributed by atoms with E-state index in [1.165, 1.54) is 0 Å². The molecule has 0 N–H and O–H groups in total. The van der Waals surface area contributed by atoms with Gasteiger partial charge < -0.3 is 9.80 Å². The van der Waals surface area contributed by atoms with Crippen LogP contribution in [0.1, 0.15) is 37.7 Å². The van der Waals surface area contributed by atoms with Gasteiger partial charge in [-0.2, -0.15) is 8.42 Å². The van der Waals surface area contributed by atoms with E-state index in [0.29, 0.717) is 46.6 Å². The van der Waals surface area contributed by atoms with Crippen LogP contribution >= 0.6 is 0 Å². The van der Waals surface area contributed by atoms with Crippen molar-refractivity contribution in [1.82, 2.24) is 9.80 Å². The maximum atomic E-state index is 12.3. The van der Waals surface area contributed by atoms with Gasteiger partial charge in [0.1, 0.15) is 4.90 Å². The molecule has 132 valence electrons. The van der Waals surface area contributed by atoms with Crippen molar-refractivity contribution >= 4 is 21.8 Å². The lowest BCUT2D eigenvalue weighted by atomic mass is 9.83. The van der Waals surface area contributed by atoms with E-state index in [1.807, 2.05) is 12.1 Å². The van der Waals surface area contributed by atoms with Crippen LogP contribution in [0.5, 0.6) is 0 Å². The second kappa shape index (κ2) is 5.30. The van der Waals surface area contributed by atoms with Crippen molar-refractivity contribution in [3.05, 3.63) is 29.8 Å². The summed E-state index contributed by atoms with van der Waals surface area (Å²) in [6, 6.07) is 7.83. The SMILES string of the molecule is O=C1CCC2CN(C3=NS(=O)(=O)c4ccccc43)CCC2N1C1CC1. The molecule has 3 aliphatic heterocycles. The molecule has 3 fully saturated rings. The van der Waals surface area contributed by atoms with Crippen LogP contribution < -0.4 is 0 Å². The van der Waals surface area contributed by atoms with Gasteiger partial charge in [0.15, 0.2) is 5.84 Å². The summed E-state index contributed by atoms with van der Waals surface area (Å²) in [7, 11) is -3.57. The Morgan fingerprint density at radius 3 is 2.68 bits per heavy atom. The summed E-state index contributed by atoms with van der Waals surface area (Å²) < 4.78 is 28.7. The van der Waals surface area contributed by atoms with Crippen LogP contribution in [-0.2, 0) is 14.8 Å². The first-order chi connectivity index (χ1) is 12.0. The van der Waals surface area contributed by atoms with Gasteiger partial charge in [-0.25, -0.2) is 0 Å². The highest BCUT2D eigenvalue weighted by Crippen LogP contribution is 2.40. The Balaban J connectivity index is 1.42. The minimum atomic E-state index is -3.57. The summed E-state index contributed by atoms with van der Waals surface area (Å²) in [6.45, 7) is 1.53. The van der Waals surface area contributed by atoms with Crippen molar-refractivity contribution in [2.24, 2.45) is 10.3 Å². The van der Waals surface area contributed by atoms with Crippen LogP contribution in [-0.4, -0.2) is 55.1 Å². The second-order valence-electron chi connectivity index (χ2n) is 7.52. The monoisotopic (exact) mass is 359 g/mol. The van der Waals surface area contributed by atoms with Gasteiger partial charge in [-0.05, 0) is 43.7 Å². The summed E-state index contributed by atoms with van der Waals surface area (Å²) in [5, 5.41) is 0. The molecule has 2 saturated heterocycles. The molecule has 6 nitrogen and oxygen atoms in total. The molecule has 2 atom stereocenters. The Morgan fingerprint density at radius 1 is 1.08 bits per heavy atom. The highest BCUT2D eigenvalue weighted by molar-refractivity contribution is 7.90. The molecule has 1 aromatic carbocycles. The van der Waals surface area contributed by atoms with Crippen LogP contribution in [0.25, 0.3) is 0 Å². The summed E-state index contributed by atoms with van der Waals surface area (Å²) in [5.41, 5.74) is 0.715. The Bertz CT molecular complexity index is 875. The number of carbonyl (C=O) groups is 1. The van der Waals surface area contributed by atoms with Crippen molar-refractivity contribution < 1.29 is 13.2 Å². The fourth-order valence-corrected chi connectivity index (χ4v) is 5.86. The van der Waals surface area contributed by atoms with Gasteiger partial charge in [0, 0.05) is 37.2 Å². The Hall–Kier alpha value is -1.89. The highest BCUT2D eigenvalue weighted by Gasteiger charge is 2.46. The number of benzene rings is 1. The molecule has 0 bridgehead atoms. The average molecular weight is 359 g/mol. The molecule has 0 spiro atoms. The highest BCUT2D eigenvalue weighted by atomic mass is 32.2. The van der Waals surface area contributed by atoms with E-state index < -0.39 is 10.0 Å². The minimum Gasteiger partial charge on any atom is -0.355 e. The largest absolute Gasteiger partial charge is 0.355 e. The number of hydrogen-bond donors (Lipinski definition) is 0.